The number of allylic oxidation sites excluding steroid dienone is 2. The smallest absolute Gasteiger partial charge is 0.341 e. The number of benzene rings is 2. The largest absolute Gasteiger partial charge is 0.482 e. The van der Waals surface area contributed by atoms with E-state index in [-0.39, 0.29) is 11.7 Å². The average Bonchev–Trinajstić information content (AvgIpc) is 3.13. The number of nitrogens with one attached hydrogen (secondary N) is 1. The van der Waals surface area contributed by atoms with Crippen molar-refractivity contribution in [3.05, 3.63) is 82.2 Å². The second-order valence-electron chi connectivity index (χ2n) is 8.54. The van der Waals surface area contributed by atoms with Crippen molar-refractivity contribution < 1.29 is 19.4 Å². The number of aliphatic carboxylic acids is 1. The van der Waals surface area contributed by atoms with Crippen LogP contribution < -0.4 is 10.1 Å². The highest BCUT2D eigenvalue weighted by molar-refractivity contribution is 6.01. The fourth-order valence-electron chi connectivity index (χ4n) is 4.79. The summed E-state index contributed by atoms with van der Waals surface area (Å²) in [5.74, 6) is -0.0238. The molecule has 1 aliphatic heterocycles. The Balaban J connectivity index is 1.71. The maximum atomic E-state index is 13.2. The molecule has 7 nitrogen and oxygen atoms in total. The highest BCUT2D eigenvalue weighted by atomic mass is 16.5. The van der Waals surface area contributed by atoms with E-state index in [0.29, 0.717) is 12.2 Å². The van der Waals surface area contributed by atoms with Crippen LogP contribution in [-0.2, 0) is 9.59 Å². The van der Waals surface area contributed by atoms with E-state index in [1.54, 1.807) is 6.07 Å². The van der Waals surface area contributed by atoms with Gasteiger partial charge in [0.15, 0.2) is 12.4 Å². The number of nitrogens with zero attached hydrogens (tertiary/aromatic N) is 2. The number of hydrogen-bond acceptors (Lipinski definition) is 5. The van der Waals surface area contributed by atoms with Crippen molar-refractivity contribution in [2.75, 3.05) is 11.9 Å². The van der Waals surface area contributed by atoms with Crippen molar-refractivity contribution in [3.8, 4) is 11.4 Å². The van der Waals surface area contributed by atoms with Gasteiger partial charge in [-0.3, -0.25) is 4.79 Å². The van der Waals surface area contributed by atoms with Gasteiger partial charge in [0, 0.05) is 34.7 Å². The van der Waals surface area contributed by atoms with Crippen LogP contribution in [0.2, 0.25) is 0 Å². The lowest BCUT2D eigenvalue weighted by molar-refractivity contribution is -0.139. The SMILES string of the molecule is Cc1ccc(-n2nc(C)c3c2NC2=C(C(=O)CCC2)[C@H]3c2ccccc2OCC(=O)O)cc1. The van der Waals surface area contributed by atoms with Crippen LogP contribution in [0.4, 0.5) is 5.82 Å². The van der Waals surface area contributed by atoms with Gasteiger partial charge in [-0.05, 0) is 44.9 Å². The highest BCUT2D eigenvalue weighted by Crippen LogP contribution is 2.49. The fourth-order valence-corrected chi connectivity index (χ4v) is 4.79. The van der Waals surface area contributed by atoms with Gasteiger partial charge in [-0.2, -0.15) is 5.10 Å². The predicted octanol–water partition coefficient (Wildman–Crippen LogP) is 4.52. The summed E-state index contributed by atoms with van der Waals surface area (Å²) in [6, 6.07) is 15.5. The summed E-state index contributed by atoms with van der Waals surface area (Å²) in [7, 11) is 0. The molecule has 2 aliphatic rings. The Hall–Kier alpha value is -3.87. The normalized spacial score (nSPS) is 17.3. The van der Waals surface area contributed by atoms with Crippen molar-refractivity contribution in [2.45, 2.75) is 39.0 Å². The number of carboxylic acid groups (broad SMARTS) is 1. The number of fused-ring (bicyclic) bond motifs is 1. The molecule has 0 unspecified atom stereocenters. The average molecular weight is 444 g/mol. The van der Waals surface area contributed by atoms with E-state index in [2.05, 4.69) is 5.32 Å². The first-order chi connectivity index (χ1) is 15.9. The maximum absolute atomic E-state index is 13.2. The summed E-state index contributed by atoms with van der Waals surface area (Å²) in [5.41, 5.74) is 6.22. The Morgan fingerprint density at radius 1 is 1.15 bits per heavy atom. The number of anilines is 1. The Morgan fingerprint density at radius 2 is 1.91 bits per heavy atom. The maximum Gasteiger partial charge on any atom is 0.341 e. The molecule has 0 spiro atoms. The van der Waals surface area contributed by atoms with Crippen molar-refractivity contribution in [3.63, 3.8) is 0 Å². The van der Waals surface area contributed by atoms with E-state index >= 15 is 0 Å². The minimum absolute atomic E-state index is 0.106. The zero-order valence-electron chi connectivity index (χ0n) is 18.6. The number of ketones is 1. The van der Waals surface area contributed by atoms with Crippen LogP contribution in [0.15, 0.2) is 59.8 Å². The molecule has 168 valence electrons. The quantitative estimate of drug-likeness (QED) is 0.602. The zero-order valence-corrected chi connectivity index (χ0v) is 18.6. The summed E-state index contributed by atoms with van der Waals surface area (Å²) in [4.78, 5) is 24.3. The number of carbonyl (C=O) groups is 2. The Labute approximate surface area is 191 Å². The fraction of sp³-hybridized carbons (Fsp3) is 0.269. The third kappa shape index (κ3) is 3.69. The molecule has 33 heavy (non-hydrogen) atoms. The number of para-hydroxylation sites is 1. The van der Waals surface area contributed by atoms with Gasteiger partial charge >= 0.3 is 5.97 Å². The summed E-state index contributed by atoms with van der Waals surface area (Å²) in [6.07, 6.45) is 2.06. The van der Waals surface area contributed by atoms with E-state index in [4.69, 9.17) is 14.9 Å². The van der Waals surface area contributed by atoms with Gasteiger partial charge in [0.25, 0.3) is 0 Å². The minimum atomic E-state index is -1.05. The van der Waals surface area contributed by atoms with E-state index < -0.39 is 12.6 Å². The summed E-state index contributed by atoms with van der Waals surface area (Å²) < 4.78 is 7.53. The van der Waals surface area contributed by atoms with Gasteiger partial charge in [0.1, 0.15) is 11.6 Å². The van der Waals surface area contributed by atoms with Crippen LogP contribution in [0.3, 0.4) is 0 Å². The molecule has 5 rings (SSSR count). The second-order valence-corrected chi connectivity index (χ2v) is 8.54. The van der Waals surface area contributed by atoms with E-state index in [1.807, 2.05) is 61.0 Å². The van der Waals surface area contributed by atoms with Gasteiger partial charge in [0.2, 0.25) is 0 Å². The first-order valence-corrected chi connectivity index (χ1v) is 11.1. The van der Waals surface area contributed by atoms with Crippen LogP contribution in [0.1, 0.15) is 47.6 Å². The van der Waals surface area contributed by atoms with Crippen LogP contribution >= 0.6 is 0 Å². The third-order valence-electron chi connectivity index (χ3n) is 6.27. The number of hydrogen-bond donors (Lipinski definition) is 2. The van der Waals surface area contributed by atoms with Crippen molar-refractivity contribution >= 4 is 17.6 Å². The van der Waals surface area contributed by atoms with Crippen molar-refractivity contribution in [1.29, 1.82) is 0 Å². The first-order valence-electron chi connectivity index (χ1n) is 11.1. The number of ether oxygens (including phenoxy) is 1. The number of aryl methyl sites for hydroxylation is 2. The molecule has 1 aromatic heterocycles. The Bertz CT molecular complexity index is 1290. The van der Waals surface area contributed by atoms with E-state index in [9.17, 15) is 9.59 Å². The summed E-state index contributed by atoms with van der Waals surface area (Å²) >= 11 is 0. The molecular formula is C26H25N3O4. The second kappa shape index (κ2) is 8.24. The van der Waals surface area contributed by atoms with Crippen LogP contribution in [0.5, 0.6) is 5.75 Å². The molecule has 2 aromatic carbocycles. The molecule has 2 N–H and O–H groups in total. The van der Waals surface area contributed by atoms with Gasteiger partial charge in [0.05, 0.1) is 11.4 Å². The van der Waals surface area contributed by atoms with Gasteiger partial charge in [-0.25, -0.2) is 9.48 Å². The Morgan fingerprint density at radius 3 is 2.67 bits per heavy atom. The number of rotatable bonds is 5. The molecule has 0 saturated carbocycles. The molecular weight excluding hydrogens is 418 g/mol. The molecule has 0 saturated heterocycles. The van der Waals surface area contributed by atoms with Gasteiger partial charge < -0.3 is 15.2 Å². The third-order valence-corrected chi connectivity index (χ3v) is 6.27. The molecule has 3 aromatic rings. The molecule has 7 heteroatoms. The number of carbonyl (C=O) groups excluding carboxylic acids is 1. The molecule has 0 radical (unpaired) electrons. The minimum Gasteiger partial charge on any atom is -0.482 e. The molecule has 1 atom stereocenters. The van der Waals surface area contributed by atoms with Crippen LogP contribution in [0.25, 0.3) is 5.69 Å². The molecule has 0 bridgehead atoms. The molecule has 0 amide bonds. The van der Waals surface area contributed by atoms with Crippen LogP contribution in [-0.4, -0.2) is 33.2 Å². The van der Waals surface area contributed by atoms with Crippen LogP contribution in [0, 0.1) is 13.8 Å². The highest BCUT2D eigenvalue weighted by Gasteiger charge is 2.39. The first kappa shape index (κ1) is 21.0. The summed E-state index contributed by atoms with van der Waals surface area (Å²) in [5, 5.41) is 17.5. The molecule has 0 fully saturated rings. The van der Waals surface area contributed by atoms with Crippen molar-refractivity contribution in [1.82, 2.24) is 9.78 Å². The standard InChI is InChI=1S/C26H25N3O4/c1-15-10-12-17(13-11-15)29-26-23(16(2)28-29)24(25-19(27-26)7-5-8-20(25)30)18-6-3-4-9-21(18)33-14-22(31)32/h3-4,6,9-13,24,27H,5,7-8,14H2,1-2H3,(H,31,32)/t24-/m0/s1. The molecule has 1 aliphatic carbocycles. The number of Topliss-reactive ketones (excluding diaryl/α,β-unsaturated/α-hetero) is 1. The lowest BCUT2D eigenvalue weighted by atomic mass is 9.76. The van der Waals surface area contributed by atoms with E-state index in [1.165, 1.54) is 0 Å². The summed E-state index contributed by atoms with van der Waals surface area (Å²) in [6.45, 7) is 3.54. The zero-order chi connectivity index (χ0) is 23.1. The monoisotopic (exact) mass is 443 g/mol. The lowest BCUT2D eigenvalue weighted by Gasteiger charge is -2.33. The van der Waals surface area contributed by atoms with E-state index in [0.717, 1.165) is 58.0 Å². The van der Waals surface area contributed by atoms with Crippen molar-refractivity contribution in [2.24, 2.45) is 0 Å². The van der Waals surface area contributed by atoms with Gasteiger partial charge in [-0.1, -0.05) is 35.9 Å². The molecule has 2 heterocycles. The number of carboxylic acids is 1. The predicted molar refractivity (Wildman–Crippen MR) is 124 cm³/mol. The number of aromatic nitrogens is 2. The topological polar surface area (TPSA) is 93.5 Å². The Kier molecular flexibility index (Phi) is 5.24. The van der Waals surface area contributed by atoms with Gasteiger partial charge in [-0.15, -0.1) is 0 Å². The lowest BCUT2D eigenvalue weighted by Crippen LogP contribution is -2.28.